The van der Waals surface area contributed by atoms with Gasteiger partial charge in [-0.1, -0.05) is 42.5 Å². The molecule has 2 aromatic rings. The van der Waals surface area contributed by atoms with Crippen LogP contribution in [0.3, 0.4) is 0 Å². The lowest BCUT2D eigenvalue weighted by Crippen LogP contribution is -2.76. The van der Waals surface area contributed by atoms with E-state index in [0.717, 1.165) is 11.1 Å². The van der Waals surface area contributed by atoms with E-state index in [0.29, 0.717) is 12.3 Å². The predicted octanol–water partition coefficient (Wildman–Crippen LogP) is 1.29. The quantitative estimate of drug-likeness (QED) is 0.484. The van der Waals surface area contributed by atoms with Crippen LogP contribution in [0.5, 0.6) is 5.75 Å². The van der Waals surface area contributed by atoms with Gasteiger partial charge in [0.15, 0.2) is 0 Å². The van der Waals surface area contributed by atoms with Crippen LogP contribution in [-0.2, 0) is 22.7 Å². The number of nitrogens with zero attached hydrogens (tertiary/aromatic N) is 4. The molecule has 2 aromatic carbocycles. The maximum absolute atomic E-state index is 13.5. The molecule has 198 valence electrons. The number of fused-ring (bicyclic) bond motifs is 1. The predicted molar refractivity (Wildman–Crippen MR) is 134 cm³/mol. The van der Waals surface area contributed by atoms with E-state index in [2.05, 4.69) is 5.32 Å². The molecule has 0 aliphatic carbocycles. The monoisotopic (exact) mass is 511 g/mol. The Labute approximate surface area is 215 Å². The summed E-state index contributed by atoms with van der Waals surface area (Å²) in [4.78, 5) is 41.5. The van der Waals surface area contributed by atoms with Gasteiger partial charge in [-0.3, -0.25) is 9.59 Å². The van der Waals surface area contributed by atoms with Gasteiger partial charge in [0, 0.05) is 26.6 Å². The number of hydrazine groups is 1. The molecular formula is C26H33N5O6. The van der Waals surface area contributed by atoms with Crippen molar-refractivity contribution < 1.29 is 29.3 Å². The number of benzene rings is 2. The van der Waals surface area contributed by atoms with Crippen molar-refractivity contribution in [3.05, 3.63) is 65.7 Å². The van der Waals surface area contributed by atoms with Gasteiger partial charge >= 0.3 is 12.0 Å². The number of piperazine rings is 1. The molecule has 0 radical (unpaired) electrons. The molecule has 0 saturated carbocycles. The zero-order chi connectivity index (χ0) is 26.5. The molecule has 0 spiro atoms. The highest BCUT2D eigenvalue weighted by molar-refractivity contribution is 5.84. The first-order valence-corrected chi connectivity index (χ1v) is 12.2. The van der Waals surface area contributed by atoms with Crippen LogP contribution in [0.1, 0.15) is 24.0 Å². The Morgan fingerprint density at radius 1 is 1.05 bits per heavy atom. The molecule has 2 aliphatic heterocycles. The molecule has 3 N–H and O–H groups in total. The number of nitrogens with one attached hydrogen (secondary N) is 1. The van der Waals surface area contributed by atoms with Crippen molar-refractivity contribution in [2.75, 3.05) is 27.2 Å². The van der Waals surface area contributed by atoms with Gasteiger partial charge in [0.1, 0.15) is 18.1 Å². The van der Waals surface area contributed by atoms with E-state index >= 15 is 0 Å². The minimum absolute atomic E-state index is 0.0258. The van der Waals surface area contributed by atoms with Gasteiger partial charge in [-0.15, -0.1) is 0 Å². The number of carboxylic acids is 1. The molecule has 3 atom stereocenters. The fourth-order valence-electron chi connectivity index (χ4n) is 4.95. The second-order valence-electron chi connectivity index (χ2n) is 9.25. The van der Waals surface area contributed by atoms with Crippen LogP contribution in [0.25, 0.3) is 0 Å². The highest BCUT2D eigenvalue weighted by Gasteiger charge is 2.51. The Balaban J connectivity index is 1.57. The summed E-state index contributed by atoms with van der Waals surface area (Å²) in [6, 6.07) is 15.6. The SMILES string of the molecule is COc1ccc(CNC(=O)N2[C@H]3CN(Cc4ccccc4)C(=O)[C@H](CCC(=O)O)N3C(O)CN2C)cc1. The maximum Gasteiger partial charge on any atom is 0.333 e. The second-order valence-corrected chi connectivity index (χ2v) is 9.25. The average Bonchev–Trinajstić information content (AvgIpc) is 2.88. The van der Waals surface area contributed by atoms with Gasteiger partial charge in [0.05, 0.1) is 26.2 Å². The number of hydrogen-bond acceptors (Lipinski definition) is 7. The van der Waals surface area contributed by atoms with Crippen LogP contribution in [0.15, 0.2) is 54.6 Å². The Bertz CT molecular complexity index is 1100. The number of hydrogen-bond donors (Lipinski definition) is 3. The highest BCUT2D eigenvalue weighted by atomic mass is 16.5. The lowest BCUT2D eigenvalue weighted by molar-refractivity contribution is -0.224. The first-order chi connectivity index (χ1) is 17.8. The molecule has 11 nitrogen and oxygen atoms in total. The molecule has 1 unspecified atom stereocenters. The number of rotatable bonds is 8. The van der Waals surface area contributed by atoms with Crippen molar-refractivity contribution in [2.45, 2.75) is 44.4 Å². The number of aliphatic hydroxyl groups is 1. The fraction of sp³-hybridized carbons (Fsp3) is 0.423. The number of methoxy groups -OCH3 is 1. The first-order valence-electron chi connectivity index (χ1n) is 12.2. The first kappa shape index (κ1) is 26.4. The van der Waals surface area contributed by atoms with Crippen molar-refractivity contribution in [3.8, 4) is 5.75 Å². The molecule has 2 aliphatic rings. The third-order valence-corrected chi connectivity index (χ3v) is 6.77. The Morgan fingerprint density at radius 2 is 1.76 bits per heavy atom. The van der Waals surface area contributed by atoms with Crippen molar-refractivity contribution in [2.24, 2.45) is 0 Å². The molecule has 11 heteroatoms. The summed E-state index contributed by atoms with van der Waals surface area (Å²) in [5.41, 5.74) is 1.80. The number of likely N-dealkylation sites (N-methyl/N-ethyl adjacent to an activating group) is 1. The van der Waals surface area contributed by atoms with E-state index in [1.807, 2.05) is 54.6 Å². The van der Waals surface area contributed by atoms with Crippen LogP contribution in [0.2, 0.25) is 0 Å². The Morgan fingerprint density at radius 3 is 2.41 bits per heavy atom. The minimum atomic E-state index is -1.04. The standard InChI is InChI=1S/C26H33N5O6/c1-28-17-23(32)30-21(12-13-24(33)34)25(35)29(15-19-6-4-3-5-7-19)16-22(30)31(28)26(36)27-14-18-8-10-20(37-2)11-9-18/h3-11,21-23,32H,12-17H2,1-2H3,(H,27,36)(H,33,34)/t21-,22-,23?/m0/s1. The van der Waals surface area contributed by atoms with Gasteiger partial charge in [0.2, 0.25) is 5.91 Å². The highest BCUT2D eigenvalue weighted by Crippen LogP contribution is 2.30. The number of β-amino-alcohol motifs (C(OH)–C–C–N with tert-alkyl or cyclic N) is 1. The van der Waals surface area contributed by atoms with Crippen LogP contribution in [0.4, 0.5) is 4.79 Å². The van der Waals surface area contributed by atoms with Crippen molar-refractivity contribution in [1.29, 1.82) is 0 Å². The molecule has 2 fully saturated rings. The lowest BCUT2D eigenvalue weighted by atomic mass is 10.0. The summed E-state index contributed by atoms with van der Waals surface area (Å²) >= 11 is 0. The number of urea groups is 1. The number of carboxylic acid groups (broad SMARTS) is 1. The van der Waals surface area contributed by atoms with Crippen molar-refractivity contribution in [1.82, 2.24) is 25.1 Å². The van der Waals surface area contributed by atoms with E-state index in [1.54, 1.807) is 29.0 Å². The van der Waals surface area contributed by atoms with E-state index in [4.69, 9.17) is 4.74 Å². The molecule has 2 saturated heterocycles. The van der Waals surface area contributed by atoms with E-state index in [-0.39, 0.29) is 44.4 Å². The number of carbonyl (C=O) groups excluding carboxylic acids is 2. The summed E-state index contributed by atoms with van der Waals surface area (Å²) in [5, 5.41) is 26.3. The number of aliphatic carboxylic acids is 1. The summed E-state index contributed by atoms with van der Waals surface area (Å²) in [5.74, 6) is -0.570. The van der Waals surface area contributed by atoms with Crippen molar-refractivity contribution >= 4 is 17.9 Å². The molecule has 37 heavy (non-hydrogen) atoms. The topological polar surface area (TPSA) is 126 Å². The van der Waals surface area contributed by atoms with Gasteiger partial charge in [-0.25, -0.2) is 19.7 Å². The van der Waals surface area contributed by atoms with Gasteiger partial charge in [0.25, 0.3) is 0 Å². The summed E-state index contributed by atoms with van der Waals surface area (Å²) in [6.07, 6.45) is -1.92. The molecule has 4 rings (SSSR count). The third kappa shape index (κ3) is 6.01. The second kappa shape index (κ2) is 11.6. The third-order valence-electron chi connectivity index (χ3n) is 6.77. The van der Waals surface area contributed by atoms with E-state index in [1.165, 1.54) is 5.01 Å². The molecule has 2 heterocycles. The van der Waals surface area contributed by atoms with Crippen LogP contribution < -0.4 is 10.1 Å². The molecule has 0 bridgehead atoms. The largest absolute Gasteiger partial charge is 0.497 e. The molecule has 3 amide bonds. The average molecular weight is 512 g/mol. The van der Waals surface area contributed by atoms with Crippen LogP contribution >= 0.6 is 0 Å². The van der Waals surface area contributed by atoms with Gasteiger partial charge in [-0.05, 0) is 29.7 Å². The lowest BCUT2D eigenvalue weighted by Gasteiger charge is -2.56. The normalized spacial score (nSPS) is 22.5. The van der Waals surface area contributed by atoms with E-state index < -0.39 is 24.4 Å². The number of carbonyl (C=O) groups is 3. The van der Waals surface area contributed by atoms with Crippen LogP contribution in [0, 0.1) is 0 Å². The number of amides is 3. The molecule has 0 aromatic heterocycles. The van der Waals surface area contributed by atoms with Gasteiger partial charge in [-0.2, -0.15) is 0 Å². The summed E-state index contributed by atoms with van der Waals surface area (Å²) < 4.78 is 5.18. The Kier molecular flexibility index (Phi) is 8.27. The van der Waals surface area contributed by atoms with Crippen molar-refractivity contribution in [3.63, 3.8) is 0 Å². The zero-order valence-electron chi connectivity index (χ0n) is 21.0. The van der Waals surface area contributed by atoms with Crippen LogP contribution in [-0.4, -0.2) is 93.6 Å². The molecular weight excluding hydrogens is 478 g/mol. The minimum Gasteiger partial charge on any atom is -0.497 e. The fourth-order valence-corrected chi connectivity index (χ4v) is 4.95. The number of ether oxygens (including phenoxy) is 1. The summed E-state index contributed by atoms with van der Waals surface area (Å²) in [7, 11) is 3.29. The van der Waals surface area contributed by atoms with Gasteiger partial charge < -0.3 is 25.2 Å². The number of aliphatic hydroxyl groups excluding tert-OH is 1. The van der Waals surface area contributed by atoms with E-state index in [9.17, 15) is 24.6 Å². The maximum atomic E-state index is 13.5. The Hall–Kier alpha value is -3.67. The summed E-state index contributed by atoms with van der Waals surface area (Å²) in [6.45, 7) is 0.836. The smallest absolute Gasteiger partial charge is 0.333 e. The zero-order valence-corrected chi connectivity index (χ0v) is 21.0.